The highest BCUT2D eigenvalue weighted by Crippen LogP contribution is 2.69. The Balaban J connectivity index is 1.19. The summed E-state index contributed by atoms with van der Waals surface area (Å²) in [6.45, 7) is 11.8. The average molecular weight is 843 g/mol. The summed E-state index contributed by atoms with van der Waals surface area (Å²) in [6, 6.07) is 6.52. The summed E-state index contributed by atoms with van der Waals surface area (Å²) >= 11 is 0. The second kappa shape index (κ2) is 17.5. The first kappa shape index (κ1) is 44.8. The number of carbonyl (C=O) groups excluding carboxylic acids is 3. The number of hydrogen-bond donors (Lipinski definition) is 5. The molecule has 0 spiro atoms. The number of aliphatic hydroxyl groups is 5. The minimum absolute atomic E-state index is 0.0547. The summed E-state index contributed by atoms with van der Waals surface area (Å²) in [5, 5.41) is 56.7. The van der Waals surface area contributed by atoms with E-state index in [4.69, 9.17) is 33.2 Å². The molecule has 1 aromatic carbocycles. The van der Waals surface area contributed by atoms with Crippen LogP contribution >= 0.6 is 0 Å². The van der Waals surface area contributed by atoms with Crippen LogP contribution in [-0.2, 0) is 42.7 Å². The van der Waals surface area contributed by atoms with Gasteiger partial charge in [0.05, 0.1) is 36.9 Å². The largest absolute Gasteiger partial charge is 0.461 e. The maximum atomic E-state index is 13.7. The number of aliphatic hydroxyl groups excluding tert-OH is 4. The lowest BCUT2D eigenvalue weighted by Crippen LogP contribution is -2.64. The Kier molecular flexibility index (Phi) is 13.1. The van der Waals surface area contributed by atoms with E-state index in [1.54, 1.807) is 31.2 Å². The highest BCUT2D eigenvalue weighted by atomic mass is 16.8. The molecule has 60 heavy (non-hydrogen) atoms. The van der Waals surface area contributed by atoms with Gasteiger partial charge in [0.2, 0.25) is 0 Å². The van der Waals surface area contributed by atoms with Crippen molar-refractivity contribution in [3.63, 3.8) is 0 Å². The van der Waals surface area contributed by atoms with Crippen molar-refractivity contribution in [2.75, 3.05) is 19.8 Å². The Morgan fingerprint density at radius 1 is 0.917 bits per heavy atom. The molecule has 4 aliphatic carbocycles. The maximum Gasteiger partial charge on any atom is 0.338 e. The van der Waals surface area contributed by atoms with Crippen molar-refractivity contribution in [3.05, 3.63) is 59.7 Å². The molecular weight excluding hydrogens is 780 g/mol. The second-order valence-corrected chi connectivity index (χ2v) is 18.4. The monoisotopic (exact) mass is 842 g/mol. The molecule has 15 heteroatoms. The molecule has 1 aromatic rings. The molecule has 6 aliphatic rings. The number of aryl methyl sites for hydroxylation is 1. The van der Waals surface area contributed by atoms with Crippen LogP contribution in [0.5, 0.6) is 0 Å². The molecule has 2 aliphatic heterocycles. The van der Waals surface area contributed by atoms with Gasteiger partial charge in [-0.1, -0.05) is 55.8 Å². The molecule has 3 saturated carbocycles. The van der Waals surface area contributed by atoms with Crippen LogP contribution in [0, 0.1) is 41.4 Å². The third-order valence-electron chi connectivity index (χ3n) is 15.0. The van der Waals surface area contributed by atoms with Crippen molar-refractivity contribution in [1.29, 1.82) is 0 Å². The summed E-state index contributed by atoms with van der Waals surface area (Å²) in [7, 11) is 0. The number of ether oxygens (including phenoxy) is 7. The Morgan fingerprint density at radius 2 is 1.60 bits per heavy atom. The lowest BCUT2D eigenvalue weighted by Gasteiger charge is -2.59. The van der Waals surface area contributed by atoms with Gasteiger partial charge in [-0.2, -0.15) is 0 Å². The molecule has 332 valence electrons. The van der Waals surface area contributed by atoms with Crippen molar-refractivity contribution < 1.29 is 73.1 Å². The maximum absolute atomic E-state index is 13.7. The Bertz CT molecular complexity index is 1780. The minimum Gasteiger partial charge on any atom is -0.461 e. The first-order valence-corrected chi connectivity index (χ1v) is 21.3. The minimum atomic E-state index is -1.81. The molecule has 2 heterocycles. The van der Waals surface area contributed by atoms with Gasteiger partial charge in [0.15, 0.2) is 24.8 Å². The standard InChI is InChI=1S/C45H62O15/c1-7-18-54-39(51)24(3)45(53)34(20-31-29-13-12-27-19-28(47)14-16-43(27,5)30(29)15-17-44(31,45)6)58-42-38(57-25(4)46)36(33(49)22-56-42)60-41-37(35(50)32(48)21-55-41)59-40(52)26-10-8-23(2)9-11-26/h7-12,24,28-38,41-42,47-50,53H,1,13-22H2,2-6H3/t24-,28+,29?,30?,31?,32-,33+,34+,35+,36+,37-,38-,41+,42+,43+,44+,45-/m1/s1. The van der Waals surface area contributed by atoms with E-state index in [0.29, 0.717) is 25.7 Å². The van der Waals surface area contributed by atoms with Gasteiger partial charge in [-0.3, -0.25) is 9.59 Å². The number of hydrogen-bond acceptors (Lipinski definition) is 15. The Labute approximate surface area is 351 Å². The molecule has 5 N–H and O–H groups in total. The van der Waals surface area contributed by atoms with Crippen molar-refractivity contribution >= 4 is 17.9 Å². The molecule has 0 radical (unpaired) electrons. The Hall–Kier alpha value is -3.25. The summed E-state index contributed by atoms with van der Waals surface area (Å²) in [5.41, 5.74) is -0.403. The summed E-state index contributed by atoms with van der Waals surface area (Å²) < 4.78 is 41.8. The first-order valence-electron chi connectivity index (χ1n) is 21.3. The van der Waals surface area contributed by atoms with Gasteiger partial charge < -0.3 is 58.7 Å². The van der Waals surface area contributed by atoms with E-state index < -0.39 is 96.8 Å². The number of carbonyl (C=O) groups is 3. The van der Waals surface area contributed by atoms with E-state index in [2.05, 4.69) is 19.6 Å². The molecule has 17 atom stereocenters. The average Bonchev–Trinajstić information content (AvgIpc) is 3.44. The SMILES string of the molecule is C=CCOC(=O)[C@@H](C)[C@@]1(O)[C@@H](O[C@@H]2OC[C@H](O)[C@H](O[C@@H]3OC[C@@H](O)[C@H](O)[C@H]3OC(=O)c3ccc(C)cc3)[C@H]2OC(C)=O)CC2C3CC=C4C[C@@H](O)CC[C@]4(C)C3CC[C@@]21C. The number of fused-ring (bicyclic) bond motifs is 5. The molecule has 0 amide bonds. The predicted molar refractivity (Wildman–Crippen MR) is 212 cm³/mol. The van der Waals surface area contributed by atoms with Crippen LogP contribution < -0.4 is 0 Å². The van der Waals surface area contributed by atoms with Crippen molar-refractivity contribution in [3.8, 4) is 0 Å². The molecule has 3 unspecified atom stereocenters. The van der Waals surface area contributed by atoms with Gasteiger partial charge in [0, 0.05) is 12.3 Å². The summed E-state index contributed by atoms with van der Waals surface area (Å²) in [4.78, 5) is 39.7. The van der Waals surface area contributed by atoms with Gasteiger partial charge in [-0.05, 0) is 94.1 Å². The van der Waals surface area contributed by atoms with E-state index in [9.17, 15) is 39.9 Å². The first-order chi connectivity index (χ1) is 28.4. The van der Waals surface area contributed by atoms with E-state index in [1.165, 1.54) is 11.6 Å². The van der Waals surface area contributed by atoms with E-state index in [1.807, 2.05) is 13.8 Å². The number of benzene rings is 1. The normalized spacial score (nSPS) is 43.0. The zero-order chi connectivity index (χ0) is 43.3. The molecule has 2 saturated heterocycles. The molecule has 0 bridgehead atoms. The lowest BCUT2D eigenvalue weighted by atomic mass is 9.46. The van der Waals surface area contributed by atoms with E-state index in [-0.39, 0.29) is 48.0 Å². The second-order valence-electron chi connectivity index (χ2n) is 18.4. The van der Waals surface area contributed by atoms with Crippen LogP contribution in [0.2, 0.25) is 0 Å². The van der Waals surface area contributed by atoms with Crippen molar-refractivity contribution in [1.82, 2.24) is 0 Å². The van der Waals surface area contributed by atoms with Gasteiger partial charge in [0.1, 0.15) is 36.6 Å². The topological polar surface area (TPSA) is 217 Å². The highest BCUT2D eigenvalue weighted by Gasteiger charge is 2.71. The summed E-state index contributed by atoms with van der Waals surface area (Å²) in [5.74, 6) is -3.03. The van der Waals surface area contributed by atoms with Crippen LogP contribution in [0.25, 0.3) is 0 Å². The van der Waals surface area contributed by atoms with Crippen LogP contribution in [-0.4, -0.2) is 130 Å². The number of rotatable bonds is 11. The quantitative estimate of drug-likeness (QED) is 0.123. The zero-order valence-corrected chi connectivity index (χ0v) is 35.1. The molecule has 15 nitrogen and oxygen atoms in total. The van der Waals surface area contributed by atoms with E-state index in [0.717, 1.165) is 31.7 Å². The lowest BCUT2D eigenvalue weighted by molar-refractivity contribution is -0.345. The van der Waals surface area contributed by atoms with Crippen LogP contribution in [0.1, 0.15) is 88.6 Å². The molecule has 5 fully saturated rings. The van der Waals surface area contributed by atoms with Gasteiger partial charge in [-0.25, -0.2) is 4.79 Å². The fourth-order valence-electron chi connectivity index (χ4n) is 11.6. The van der Waals surface area contributed by atoms with Crippen LogP contribution in [0.3, 0.4) is 0 Å². The van der Waals surface area contributed by atoms with Gasteiger partial charge in [0.25, 0.3) is 0 Å². The summed E-state index contributed by atoms with van der Waals surface area (Å²) in [6.07, 6.45) is -5.09. The molecular formula is C45H62O15. The van der Waals surface area contributed by atoms with Crippen molar-refractivity contribution in [2.45, 2.75) is 147 Å². The van der Waals surface area contributed by atoms with E-state index >= 15 is 0 Å². The number of esters is 3. The third-order valence-corrected chi connectivity index (χ3v) is 15.0. The smallest absolute Gasteiger partial charge is 0.338 e. The molecule has 7 rings (SSSR count). The zero-order valence-electron chi connectivity index (χ0n) is 35.1. The fourth-order valence-corrected chi connectivity index (χ4v) is 11.6. The Morgan fingerprint density at radius 3 is 2.28 bits per heavy atom. The van der Waals surface area contributed by atoms with Gasteiger partial charge in [-0.15, -0.1) is 0 Å². The van der Waals surface area contributed by atoms with Crippen LogP contribution in [0.15, 0.2) is 48.6 Å². The highest BCUT2D eigenvalue weighted by molar-refractivity contribution is 5.89. The predicted octanol–water partition coefficient (Wildman–Crippen LogP) is 3.05. The van der Waals surface area contributed by atoms with Crippen LogP contribution in [0.4, 0.5) is 0 Å². The number of allylic oxidation sites excluding steroid dienone is 1. The van der Waals surface area contributed by atoms with Gasteiger partial charge >= 0.3 is 17.9 Å². The molecule has 0 aromatic heterocycles. The third kappa shape index (κ3) is 7.98. The fraction of sp³-hybridized carbons (Fsp3) is 0.711. The van der Waals surface area contributed by atoms with Crippen molar-refractivity contribution in [2.24, 2.45) is 34.5 Å².